The summed E-state index contributed by atoms with van der Waals surface area (Å²) in [5, 5.41) is 11.2. The number of carboxylic acid groups (broad SMARTS) is 1. The minimum absolute atomic E-state index is 0.0442. The fraction of sp³-hybridized carbons (Fsp3) is 0.273. The van der Waals surface area contributed by atoms with E-state index in [9.17, 15) is 18.0 Å². The Kier molecular flexibility index (Phi) is 5.06. The number of sulfonamides is 1. The van der Waals surface area contributed by atoms with Gasteiger partial charge in [-0.2, -0.15) is 0 Å². The zero-order valence-electron chi connectivity index (χ0n) is 10.8. The maximum atomic E-state index is 11.9. The third-order valence-electron chi connectivity index (χ3n) is 2.41. The summed E-state index contributed by atoms with van der Waals surface area (Å²) in [5.74, 6) is -1.78. The highest BCUT2D eigenvalue weighted by Crippen LogP contribution is 2.22. The van der Waals surface area contributed by atoms with E-state index in [-0.39, 0.29) is 16.2 Å². The first-order chi connectivity index (χ1) is 9.31. The van der Waals surface area contributed by atoms with E-state index >= 15 is 0 Å². The number of carbonyl (C=O) groups is 2. The standard InChI is InChI=1S/C11H14N2O6S/c1-12-10(14)6-13-20(17,18)7-3-4-9(19-2)8(5-7)11(15)16/h3-5,13H,6H2,1-2H3,(H,12,14)(H,15,16). The van der Waals surface area contributed by atoms with E-state index < -0.39 is 28.4 Å². The molecule has 1 aromatic carbocycles. The van der Waals surface area contributed by atoms with Crippen molar-refractivity contribution in [3.8, 4) is 5.75 Å². The van der Waals surface area contributed by atoms with Crippen LogP contribution in [0.4, 0.5) is 0 Å². The first kappa shape index (κ1) is 15.9. The minimum Gasteiger partial charge on any atom is -0.496 e. The zero-order chi connectivity index (χ0) is 15.3. The molecule has 0 atom stereocenters. The topological polar surface area (TPSA) is 122 Å². The number of ether oxygens (including phenoxy) is 1. The van der Waals surface area contributed by atoms with Crippen LogP contribution in [0.2, 0.25) is 0 Å². The van der Waals surface area contributed by atoms with Crippen molar-refractivity contribution in [2.45, 2.75) is 4.90 Å². The molecule has 20 heavy (non-hydrogen) atoms. The van der Waals surface area contributed by atoms with Gasteiger partial charge in [-0.3, -0.25) is 4.79 Å². The maximum absolute atomic E-state index is 11.9. The Morgan fingerprint density at radius 1 is 1.35 bits per heavy atom. The Bertz CT molecular complexity index is 626. The zero-order valence-corrected chi connectivity index (χ0v) is 11.7. The number of likely N-dealkylation sites (N-methyl/N-ethyl adjacent to an activating group) is 1. The van der Waals surface area contributed by atoms with E-state index in [0.717, 1.165) is 6.07 Å². The van der Waals surface area contributed by atoms with Crippen LogP contribution in [0.25, 0.3) is 0 Å². The van der Waals surface area contributed by atoms with Crippen LogP contribution in [0.1, 0.15) is 10.4 Å². The Balaban J connectivity index is 3.10. The first-order valence-electron chi connectivity index (χ1n) is 5.43. The fourth-order valence-electron chi connectivity index (χ4n) is 1.35. The van der Waals surface area contributed by atoms with Crippen molar-refractivity contribution >= 4 is 21.9 Å². The minimum atomic E-state index is -3.98. The van der Waals surface area contributed by atoms with Crippen molar-refractivity contribution in [1.82, 2.24) is 10.0 Å². The molecule has 0 heterocycles. The summed E-state index contributed by atoms with van der Waals surface area (Å²) in [6.45, 7) is -0.437. The number of benzene rings is 1. The SMILES string of the molecule is CNC(=O)CNS(=O)(=O)c1ccc(OC)c(C(=O)O)c1. The average Bonchev–Trinajstić information content (AvgIpc) is 2.43. The number of amides is 1. The number of aromatic carboxylic acids is 1. The summed E-state index contributed by atoms with van der Waals surface area (Å²) in [7, 11) is -1.33. The Hall–Kier alpha value is -2.13. The lowest BCUT2D eigenvalue weighted by atomic mass is 10.2. The smallest absolute Gasteiger partial charge is 0.339 e. The molecule has 0 saturated carbocycles. The second kappa shape index (κ2) is 6.35. The van der Waals surface area contributed by atoms with Crippen LogP contribution in [-0.4, -0.2) is 46.1 Å². The molecule has 0 aliphatic carbocycles. The Labute approximate surface area is 115 Å². The van der Waals surface area contributed by atoms with E-state index in [2.05, 4.69) is 10.0 Å². The van der Waals surface area contributed by atoms with Crippen LogP contribution in [0.3, 0.4) is 0 Å². The van der Waals surface area contributed by atoms with Crippen molar-refractivity contribution in [1.29, 1.82) is 0 Å². The van der Waals surface area contributed by atoms with E-state index in [4.69, 9.17) is 9.84 Å². The second-order valence-electron chi connectivity index (χ2n) is 3.66. The molecule has 0 spiro atoms. The van der Waals surface area contributed by atoms with E-state index in [1.54, 1.807) is 0 Å². The molecule has 0 unspecified atom stereocenters. The molecule has 0 radical (unpaired) electrons. The van der Waals surface area contributed by atoms with Gasteiger partial charge in [-0.1, -0.05) is 0 Å². The number of nitrogens with one attached hydrogen (secondary N) is 2. The quantitative estimate of drug-likeness (QED) is 0.646. The monoisotopic (exact) mass is 302 g/mol. The van der Waals surface area contributed by atoms with Gasteiger partial charge < -0.3 is 15.2 Å². The lowest BCUT2D eigenvalue weighted by Gasteiger charge is -2.09. The third kappa shape index (κ3) is 3.68. The molecule has 3 N–H and O–H groups in total. The number of rotatable bonds is 6. The highest BCUT2D eigenvalue weighted by Gasteiger charge is 2.19. The van der Waals surface area contributed by atoms with Gasteiger partial charge in [0.05, 0.1) is 18.6 Å². The van der Waals surface area contributed by atoms with Gasteiger partial charge in [-0.25, -0.2) is 17.9 Å². The molecule has 110 valence electrons. The highest BCUT2D eigenvalue weighted by atomic mass is 32.2. The fourth-order valence-corrected chi connectivity index (χ4v) is 2.36. The third-order valence-corrected chi connectivity index (χ3v) is 3.81. The number of methoxy groups -OCH3 is 1. The Morgan fingerprint density at radius 3 is 2.50 bits per heavy atom. The largest absolute Gasteiger partial charge is 0.496 e. The highest BCUT2D eigenvalue weighted by molar-refractivity contribution is 7.89. The molecule has 1 aromatic rings. The van der Waals surface area contributed by atoms with Crippen molar-refractivity contribution in [3.63, 3.8) is 0 Å². The molecule has 0 aromatic heterocycles. The lowest BCUT2D eigenvalue weighted by molar-refractivity contribution is -0.119. The molecular weight excluding hydrogens is 288 g/mol. The van der Waals surface area contributed by atoms with Crippen molar-refractivity contribution < 1.29 is 27.9 Å². The normalized spacial score (nSPS) is 10.9. The van der Waals surface area contributed by atoms with Crippen LogP contribution in [0, 0.1) is 0 Å². The van der Waals surface area contributed by atoms with Gasteiger partial charge in [0.25, 0.3) is 0 Å². The first-order valence-corrected chi connectivity index (χ1v) is 6.91. The van der Waals surface area contributed by atoms with Crippen LogP contribution >= 0.6 is 0 Å². The molecule has 0 fully saturated rings. The van der Waals surface area contributed by atoms with Gasteiger partial charge in [0, 0.05) is 7.05 Å². The summed E-state index contributed by atoms with van der Waals surface area (Å²) in [6, 6.07) is 3.39. The number of hydrogen-bond donors (Lipinski definition) is 3. The summed E-state index contributed by atoms with van der Waals surface area (Å²) < 4.78 is 30.7. The average molecular weight is 302 g/mol. The van der Waals surface area contributed by atoms with Gasteiger partial charge in [-0.05, 0) is 18.2 Å². The van der Waals surface area contributed by atoms with E-state index in [1.807, 2.05) is 0 Å². The van der Waals surface area contributed by atoms with Gasteiger partial charge in [0.15, 0.2) is 0 Å². The number of carbonyl (C=O) groups excluding carboxylic acids is 1. The van der Waals surface area contributed by atoms with Crippen molar-refractivity contribution in [3.05, 3.63) is 23.8 Å². The molecule has 0 aliphatic rings. The predicted molar refractivity (Wildman–Crippen MR) is 69.2 cm³/mol. The molecule has 0 saturated heterocycles. The van der Waals surface area contributed by atoms with Crippen molar-refractivity contribution in [2.75, 3.05) is 20.7 Å². The van der Waals surface area contributed by atoms with Gasteiger partial charge in [-0.15, -0.1) is 0 Å². The second-order valence-corrected chi connectivity index (χ2v) is 5.43. The lowest BCUT2D eigenvalue weighted by Crippen LogP contribution is -2.35. The summed E-state index contributed by atoms with van der Waals surface area (Å²) in [5.41, 5.74) is -0.282. The number of carboxylic acids is 1. The van der Waals surface area contributed by atoms with Gasteiger partial charge in [0.2, 0.25) is 15.9 Å². The van der Waals surface area contributed by atoms with Crippen LogP contribution in [0.15, 0.2) is 23.1 Å². The molecule has 1 rings (SSSR count). The molecular formula is C11H14N2O6S. The van der Waals surface area contributed by atoms with Gasteiger partial charge >= 0.3 is 5.97 Å². The molecule has 8 nitrogen and oxygen atoms in total. The van der Waals surface area contributed by atoms with E-state index in [1.165, 1.54) is 26.3 Å². The van der Waals surface area contributed by atoms with Crippen molar-refractivity contribution in [2.24, 2.45) is 0 Å². The molecule has 9 heteroatoms. The Morgan fingerprint density at radius 2 is 2.00 bits per heavy atom. The van der Waals surface area contributed by atoms with Crippen LogP contribution in [0.5, 0.6) is 5.75 Å². The molecule has 1 amide bonds. The molecule has 0 bridgehead atoms. The van der Waals surface area contributed by atoms with Gasteiger partial charge in [0.1, 0.15) is 11.3 Å². The maximum Gasteiger partial charge on any atom is 0.339 e. The predicted octanol–water partition coefficient (Wildman–Crippen LogP) is -0.582. The van der Waals surface area contributed by atoms with Crippen LogP contribution in [-0.2, 0) is 14.8 Å². The molecule has 0 aliphatic heterocycles. The summed E-state index contributed by atoms with van der Waals surface area (Å²) in [4.78, 5) is 21.8. The van der Waals surface area contributed by atoms with Crippen LogP contribution < -0.4 is 14.8 Å². The van der Waals surface area contributed by atoms with E-state index in [0.29, 0.717) is 0 Å². The summed E-state index contributed by atoms with van der Waals surface area (Å²) >= 11 is 0. The summed E-state index contributed by atoms with van der Waals surface area (Å²) in [6.07, 6.45) is 0. The number of hydrogen-bond acceptors (Lipinski definition) is 5.